The zero-order valence-electron chi connectivity index (χ0n) is 22.3. The molecule has 4 rings (SSSR count). The van der Waals surface area contributed by atoms with Crippen molar-refractivity contribution in [2.24, 2.45) is 0 Å². The monoisotopic (exact) mass is 531 g/mol. The zero-order valence-corrected chi connectivity index (χ0v) is 23.1. The van der Waals surface area contributed by atoms with Crippen LogP contribution in [0.1, 0.15) is 63.9 Å². The van der Waals surface area contributed by atoms with Gasteiger partial charge >= 0.3 is 0 Å². The van der Waals surface area contributed by atoms with E-state index in [1.165, 1.54) is 44.9 Å². The van der Waals surface area contributed by atoms with Gasteiger partial charge in [-0.2, -0.15) is 0 Å². The average Bonchev–Trinajstić information content (AvgIpc) is 2.92. The van der Waals surface area contributed by atoms with Crippen LogP contribution in [0.2, 0.25) is 0 Å². The van der Waals surface area contributed by atoms with Crippen LogP contribution in [-0.4, -0.2) is 29.9 Å². The highest BCUT2D eigenvalue weighted by atomic mass is 32.2. The maximum absolute atomic E-state index is 13.3. The Morgan fingerprint density at radius 2 is 1.50 bits per heavy atom. The van der Waals surface area contributed by atoms with E-state index in [0.717, 1.165) is 29.6 Å². The fourth-order valence-electron chi connectivity index (χ4n) is 4.46. The lowest BCUT2D eigenvalue weighted by Crippen LogP contribution is -2.15. The first-order valence-corrected chi connectivity index (χ1v) is 15.0. The molecule has 0 spiro atoms. The quantitative estimate of drug-likeness (QED) is 0.165. The van der Waals surface area contributed by atoms with Gasteiger partial charge in [-0.15, -0.1) is 0 Å². The molecular weight excluding hydrogens is 494 g/mol. The maximum atomic E-state index is 13.3. The number of nitrogens with one attached hydrogen (secondary N) is 2. The summed E-state index contributed by atoms with van der Waals surface area (Å²) in [6.45, 7) is 5.07. The standard InChI is InChI=1S/C30H37N5O2S/c1-3-4-5-6-7-8-9-10-19-31-25-15-17-26(18-16-25)38(36,37)35-30-29-24(14-12-21-33-29)22-27(34-30)28-23(2)13-11-20-32-28/h11-18,20-22,31H,3-10,19H2,1-2H3,(H,34,35). The van der Waals surface area contributed by atoms with E-state index in [9.17, 15) is 8.42 Å². The summed E-state index contributed by atoms with van der Waals surface area (Å²) in [6.07, 6.45) is 13.5. The number of anilines is 2. The molecule has 0 unspecified atom stereocenters. The molecule has 2 N–H and O–H groups in total. The van der Waals surface area contributed by atoms with E-state index in [-0.39, 0.29) is 10.7 Å². The zero-order chi connectivity index (χ0) is 26.8. The summed E-state index contributed by atoms with van der Waals surface area (Å²) in [5.41, 5.74) is 3.63. The van der Waals surface area contributed by atoms with Crippen molar-refractivity contribution in [3.63, 3.8) is 0 Å². The van der Waals surface area contributed by atoms with Gasteiger partial charge in [0.2, 0.25) is 0 Å². The number of nitrogens with zero attached hydrogens (tertiary/aromatic N) is 3. The number of fused-ring (bicyclic) bond motifs is 1. The summed E-state index contributed by atoms with van der Waals surface area (Å²) in [5.74, 6) is 0.181. The first-order chi connectivity index (χ1) is 18.5. The van der Waals surface area contributed by atoms with Gasteiger partial charge in [0.1, 0.15) is 5.52 Å². The Kier molecular flexibility index (Phi) is 9.65. The Morgan fingerprint density at radius 1 is 0.816 bits per heavy atom. The van der Waals surface area contributed by atoms with Gasteiger partial charge in [-0.3, -0.25) is 14.7 Å². The van der Waals surface area contributed by atoms with Gasteiger partial charge in [0.25, 0.3) is 10.0 Å². The summed E-state index contributed by atoms with van der Waals surface area (Å²) >= 11 is 0. The number of rotatable bonds is 14. The minimum absolute atomic E-state index is 0.167. The highest BCUT2D eigenvalue weighted by Gasteiger charge is 2.19. The number of pyridine rings is 3. The van der Waals surface area contributed by atoms with Crippen LogP contribution < -0.4 is 10.0 Å². The van der Waals surface area contributed by atoms with Gasteiger partial charge in [-0.1, -0.05) is 64.0 Å². The second-order valence-corrected chi connectivity index (χ2v) is 11.3. The van der Waals surface area contributed by atoms with E-state index >= 15 is 0 Å². The van der Waals surface area contributed by atoms with Crippen molar-refractivity contribution >= 4 is 32.4 Å². The molecule has 0 saturated heterocycles. The second kappa shape index (κ2) is 13.3. The van der Waals surface area contributed by atoms with Crippen LogP contribution in [0.25, 0.3) is 22.3 Å². The number of aryl methyl sites for hydroxylation is 1. The van der Waals surface area contributed by atoms with E-state index in [1.807, 2.05) is 37.3 Å². The molecule has 0 saturated carbocycles. The number of hydrogen-bond donors (Lipinski definition) is 2. The SMILES string of the molecule is CCCCCCCCCCNc1ccc(S(=O)(=O)Nc2nc(-c3ncccc3C)cc3cccnc23)cc1. The molecule has 0 fully saturated rings. The van der Waals surface area contributed by atoms with Gasteiger partial charge in [0, 0.05) is 30.0 Å². The van der Waals surface area contributed by atoms with Crippen molar-refractivity contribution in [1.82, 2.24) is 15.0 Å². The molecule has 0 atom stereocenters. The molecule has 7 nitrogen and oxygen atoms in total. The molecule has 0 aliphatic carbocycles. The minimum Gasteiger partial charge on any atom is -0.385 e. The fraction of sp³-hybridized carbons (Fsp3) is 0.367. The summed E-state index contributed by atoms with van der Waals surface area (Å²) in [6, 6.07) is 16.2. The van der Waals surface area contributed by atoms with Gasteiger partial charge in [0.05, 0.1) is 16.3 Å². The molecule has 0 amide bonds. The molecule has 0 radical (unpaired) electrons. The Bertz CT molecular complexity index is 1440. The largest absolute Gasteiger partial charge is 0.385 e. The Balaban J connectivity index is 1.41. The van der Waals surface area contributed by atoms with Gasteiger partial charge in [0.15, 0.2) is 5.82 Å². The van der Waals surface area contributed by atoms with E-state index < -0.39 is 10.0 Å². The number of aromatic nitrogens is 3. The van der Waals surface area contributed by atoms with Gasteiger partial charge < -0.3 is 5.32 Å². The average molecular weight is 532 g/mol. The number of benzene rings is 1. The Morgan fingerprint density at radius 3 is 2.24 bits per heavy atom. The molecule has 3 heterocycles. The summed E-state index contributed by atoms with van der Waals surface area (Å²) in [4.78, 5) is 13.6. The fourth-order valence-corrected chi connectivity index (χ4v) is 5.47. The minimum atomic E-state index is -3.87. The van der Waals surface area contributed by atoms with Crippen LogP contribution in [-0.2, 0) is 10.0 Å². The van der Waals surface area contributed by atoms with Crippen molar-refractivity contribution in [3.05, 3.63) is 72.6 Å². The van der Waals surface area contributed by atoms with Crippen LogP contribution in [0.5, 0.6) is 0 Å². The van der Waals surface area contributed by atoms with Crippen LogP contribution >= 0.6 is 0 Å². The maximum Gasteiger partial charge on any atom is 0.263 e. The van der Waals surface area contributed by atoms with Crippen molar-refractivity contribution in [2.45, 2.75) is 70.1 Å². The highest BCUT2D eigenvalue weighted by Crippen LogP contribution is 2.28. The van der Waals surface area contributed by atoms with Crippen LogP contribution in [0.15, 0.2) is 71.9 Å². The lowest BCUT2D eigenvalue weighted by Gasteiger charge is -2.13. The second-order valence-electron chi connectivity index (χ2n) is 9.63. The molecular formula is C30H37N5O2S. The molecule has 1 aromatic carbocycles. The van der Waals surface area contributed by atoms with Gasteiger partial charge in [-0.05, 0) is 61.4 Å². The van der Waals surface area contributed by atoms with E-state index in [0.29, 0.717) is 16.9 Å². The van der Waals surface area contributed by atoms with Crippen LogP contribution in [0.3, 0.4) is 0 Å². The highest BCUT2D eigenvalue weighted by molar-refractivity contribution is 7.92. The van der Waals surface area contributed by atoms with E-state index in [1.54, 1.807) is 36.7 Å². The third-order valence-corrected chi connectivity index (χ3v) is 7.95. The van der Waals surface area contributed by atoms with Crippen molar-refractivity contribution < 1.29 is 8.42 Å². The Hall–Kier alpha value is -3.52. The first-order valence-electron chi connectivity index (χ1n) is 13.5. The van der Waals surface area contributed by atoms with E-state index in [4.69, 9.17) is 0 Å². The molecule has 0 bridgehead atoms. The molecule has 200 valence electrons. The number of unbranched alkanes of at least 4 members (excludes halogenated alkanes) is 7. The van der Waals surface area contributed by atoms with E-state index in [2.05, 4.69) is 31.9 Å². The van der Waals surface area contributed by atoms with Crippen molar-refractivity contribution in [1.29, 1.82) is 0 Å². The lowest BCUT2D eigenvalue weighted by molar-refractivity contribution is 0.581. The third kappa shape index (κ3) is 7.28. The topological polar surface area (TPSA) is 96.9 Å². The predicted octanol–water partition coefficient (Wildman–Crippen LogP) is 7.35. The summed E-state index contributed by atoms with van der Waals surface area (Å²) in [5, 5.41) is 4.17. The van der Waals surface area contributed by atoms with Crippen LogP contribution in [0.4, 0.5) is 11.5 Å². The lowest BCUT2D eigenvalue weighted by atomic mass is 10.1. The summed E-state index contributed by atoms with van der Waals surface area (Å²) < 4.78 is 29.2. The molecule has 3 aromatic heterocycles. The molecule has 0 aliphatic rings. The molecule has 38 heavy (non-hydrogen) atoms. The summed E-state index contributed by atoms with van der Waals surface area (Å²) in [7, 11) is -3.87. The van der Waals surface area contributed by atoms with Crippen LogP contribution in [0, 0.1) is 6.92 Å². The predicted molar refractivity (Wildman–Crippen MR) is 156 cm³/mol. The molecule has 4 aromatic rings. The molecule has 0 aliphatic heterocycles. The van der Waals surface area contributed by atoms with Gasteiger partial charge in [-0.25, -0.2) is 13.4 Å². The third-order valence-electron chi connectivity index (χ3n) is 6.59. The normalized spacial score (nSPS) is 11.5. The first kappa shape index (κ1) is 27.5. The van der Waals surface area contributed by atoms with Crippen molar-refractivity contribution in [2.75, 3.05) is 16.6 Å². The van der Waals surface area contributed by atoms with Crippen molar-refractivity contribution in [3.8, 4) is 11.4 Å². The number of hydrogen-bond acceptors (Lipinski definition) is 6. The number of sulfonamides is 1. The smallest absolute Gasteiger partial charge is 0.263 e. The molecule has 8 heteroatoms. The Labute approximate surface area is 226 Å².